The molecule has 1 amide bonds. The number of carbonyl (C=O) groups is 2. The van der Waals surface area contributed by atoms with Gasteiger partial charge in [0.25, 0.3) is 0 Å². The van der Waals surface area contributed by atoms with E-state index in [0.29, 0.717) is 25.3 Å². The van der Waals surface area contributed by atoms with Crippen LogP contribution in [0, 0.1) is 0 Å². The van der Waals surface area contributed by atoms with Crippen LogP contribution >= 0.6 is 0 Å². The van der Waals surface area contributed by atoms with Crippen molar-refractivity contribution in [1.82, 2.24) is 14.7 Å². The fraction of sp³-hybridized carbons (Fsp3) is 0.529. The van der Waals surface area contributed by atoms with E-state index in [1.165, 1.54) is 0 Å². The van der Waals surface area contributed by atoms with Gasteiger partial charge in [-0.2, -0.15) is 0 Å². The molecule has 0 aromatic carbocycles. The number of Topliss-reactive ketones (excluding diaryl/α,β-unsaturated/α-hetero) is 1. The van der Waals surface area contributed by atoms with Gasteiger partial charge in [-0.15, -0.1) is 0 Å². The molecule has 122 valence electrons. The minimum atomic E-state index is -0.00787. The van der Waals surface area contributed by atoms with Crippen LogP contribution in [-0.4, -0.2) is 66.7 Å². The third kappa shape index (κ3) is 5.15. The quantitative estimate of drug-likeness (QED) is 0.700. The molecule has 0 atom stereocenters. The van der Waals surface area contributed by atoms with Crippen molar-refractivity contribution in [1.29, 1.82) is 0 Å². The van der Waals surface area contributed by atoms with Crippen molar-refractivity contribution in [2.45, 2.75) is 20.3 Å². The fourth-order valence-electron chi connectivity index (χ4n) is 2.35. The van der Waals surface area contributed by atoms with Gasteiger partial charge in [0.2, 0.25) is 5.91 Å². The molecule has 1 aliphatic heterocycles. The van der Waals surface area contributed by atoms with Crippen LogP contribution in [0.2, 0.25) is 0 Å². The SMILES string of the molecule is C=C1CN(C(=O)/C=C/CN(C)C)CCN1/C(=C\CC)C(C)=O. The summed E-state index contributed by atoms with van der Waals surface area (Å²) in [6, 6.07) is 0. The van der Waals surface area contributed by atoms with Gasteiger partial charge >= 0.3 is 0 Å². The van der Waals surface area contributed by atoms with E-state index in [4.69, 9.17) is 0 Å². The molecule has 1 rings (SSSR count). The van der Waals surface area contributed by atoms with Crippen molar-refractivity contribution in [2.75, 3.05) is 40.3 Å². The molecule has 0 spiro atoms. The van der Waals surface area contributed by atoms with Crippen LogP contribution in [0.25, 0.3) is 0 Å². The summed E-state index contributed by atoms with van der Waals surface area (Å²) in [5, 5.41) is 0. The van der Waals surface area contributed by atoms with Crippen LogP contribution in [0.15, 0.2) is 36.2 Å². The number of carbonyl (C=O) groups excluding carboxylic acids is 2. The smallest absolute Gasteiger partial charge is 0.246 e. The maximum absolute atomic E-state index is 12.1. The van der Waals surface area contributed by atoms with Crippen molar-refractivity contribution < 1.29 is 9.59 Å². The van der Waals surface area contributed by atoms with Crippen molar-refractivity contribution in [2.24, 2.45) is 0 Å². The van der Waals surface area contributed by atoms with E-state index in [1.54, 1.807) is 17.9 Å². The molecule has 1 saturated heterocycles. The minimum absolute atomic E-state index is 0.00787. The largest absolute Gasteiger partial charge is 0.340 e. The molecule has 0 aromatic heterocycles. The monoisotopic (exact) mass is 305 g/mol. The second-order valence-electron chi connectivity index (χ2n) is 5.70. The first-order valence-corrected chi connectivity index (χ1v) is 7.63. The molecular weight excluding hydrogens is 278 g/mol. The number of hydrogen-bond donors (Lipinski definition) is 0. The highest BCUT2D eigenvalue weighted by Crippen LogP contribution is 2.19. The summed E-state index contributed by atoms with van der Waals surface area (Å²) < 4.78 is 0. The molecule has 1 heterocycles. The standard InChI is InChI=1S/C17H27N3O2/c1-6-8-16(15(3)21)20-12-11-19(13-14(20)2)17(22)9-7-10-18(4)5/h7-9H,2,6,10-13H2,1,3-5H3/b9-7+,16-8-. The van der Waals surface area contributed by atoms with Crippen LogP contribution < -0.4 is 0 Å². The first-order valence-electron chi connectivity index (χ1n) is 7.63. The predicted octanol–water partition coefficient (Wildman–Crippen LogP) is 1.64. The van der Waals surface area contributed by atoms with Gasteiger partial charge in [-0.25, -0.2) is 0 Å². The molecule has 0 bridgehead atoms. The van der Waals surface area contributed by atoms with E-state index >= 15 is 0 Å². The minimum Gasteiger partial charge on any atom is -0.340 e. The Labute approximate surface area is 133 Å². The van der Waals surface area contributed by atoms with E-state index < -0.39 is 0 Å². The number of likely N-dealkylation sites (N-methyl/N-ethyl adjacent to an activating group) is 1. The Balaban J connectivity index is 2.68. The van der Waals surface area contributed by atoms with Crippen molar-refractivity contribution in [3.8, 4) is 0 Å². The number of nitrogens with zero attached hydrogens (tertiary/aromatic N) is 3. The summed E-state index contributed by atoms with van der Waals surface area (Å²) in [4.78, 5) is 29.6. The third-order valence-electron chi connectivity index (χ3n) is 3.44. The Bertz CT molecular complexity index is 492. The molecule has 0 saturated carbocycles. The highest BCUT2D eigenvalue weighted by atomic mass is 16.2. The number of amides is 1. The van der Waals surface area contributed by atoms with Gasteiger partial charge in [0.15, 0.2) is 5.78 Å². The van der Waals surface area contributed by atoms with E-state index in [-0.39, 0.29) is 11.7 Å². The van der Waals surface area contributed by atoms with E-state index in [9.17, 15) is 9.59 Å². The zero-order chi connectivity index (χ0) is 16.7. The van der Waals surface area contributed by atoms with E-state index in [1.807, 2.05) is 43.0 Å². The summed E-state index contributed by atoms with van der Waals surface area (Å²) in [5.41, 5.74) is 1.47. The van der Waals surface area contributed by atoms with Gasteiger partial charge in [-0.05, 0) is 20.5 Å². The van der Waals surface area contributed by atoms with Crippen molar-refractivity contribution in [3.05, 3.63) is 36.2 Å². The Morgan fingerprint density at radius 2 is 2.00 bits per heavy atom. The maximum Gasteiger partial charge on any atom is 0.246 e. The molecule has 1 aliphatic rings. The van der Waals surface area contributed by atoms with Gasteiger partial charge in [-0.3, -0.25) is 9.59 Å². The average molecular weight is 305 g/mol. The van der Waals surface area contributed by atoms with Crippen LogP contribution in [0.3, 0.4) is 0 Å². The lowest BCUT2D eigenvalue weighted by Gasteiger charge is -2.38. The zero-order valence-corrected chi connectivity index (χ0v) is 14.1. The normalized spacial score (nSPS) is 16.8. The predicted molar refractivity (Wildman–Crippen MR) is 89.2 cm³/mol. The fourth-order valence-corrected chi connectivity index (χ4v) is 2.35. The zero-order valence-electron chi connectivity index (χ0n) is 14.1. The highest BCUT2D eigenvalue weighted by molar-refractivity contribution is 5.93. The summed E-state index contributed by atoms with van der Waals surface area (Å²) in [5.74, 6) is 0.0279. The molecule has 22 heavy (non-hydrogen) atoms. The van der Waals surface area contributed by atoms with Crippen LogP contribution in [0.4, 0.5) is 0 Å². The van der Waals surface area contributed by atoms with Gasteiger partial charge in [0, 0.05) is 38.3 Å². The lowest BCUT2D eigenvalue weighted by molar-refractivity contribution is -0.126. The molecular formula is C17H27N3O2. The van der Waals surface area contributed by atoms with Gasteiger partial charge in [-0.1, -0.05) is 25.7 Å². The lowest BCUT2D eigenvalue weighted by atomic mass is 10.1. The van der Waals surface area contributed by atoms with E-state index in [2.05, 4.69) is 6.58 Å². The summed E-state index contributed by atoms with van der Waals surface area (Å²) in [7, 11) is 3.91. The first-order chi connectivity index (χ1) is 10.4. The highest BCUT2D eigenvalue weighted by Gasteiger charge is 2.25. The van der Waals surface area contributed by atoms with Crippen molar-refractivity contribution >= 4 is 11.7 Å². The van der Waals surface area contributed by atoms with Crippen LogP contribution in [-0.2, 0) is 9.59 Å². The Hall–Kier alpha value is -1.88. The Morgan fingerprint density at radius 1 is 1.32 bits per heavy atom. The Kier molecular flexibility index (Phi) is 7.05. The summed E-state index contributed by atoms with van der Waals surface area (Å²) in [6.07, 6.45) is 6.18. The Morgan fingerprint density at radius 3 is 2.50 bits per heavy atom. The first kappa shape index (κ1) is 18.2. The van der Waals surface area contributed by atoms with Gasteiger partial charge in [0.05, 0.1) is 12.2 Å². The molecule has 0 N–H and O–H groups in total. The summed E-state index contributed by atoms with van der Waals surface area (Å²) in [6.45, 7) is 9.99. The number of ketones is 1. The second kappa shape index (κ2) is 8.54. The van der Waals surface area contributed by atoms with Gasteiger partial charge in [0.1, 0.15) is 0 Å². The van der Waals surface area contributed by atoms with Crippen LogP contribution in [0.1, 0.15) is 20.3 Å². The van der Waals surface area contributed by atoms with Crippen LogP contribution in [0.5, 0.6) is 0 Å². The molecule has 5 heteroatoms. The number of allylic oxidation sites excluding steroid dienone is 2. The number of hydrogen-bond acceptors (Lipinski definition) is 4. The molecule has 0 aromatic rings. The second-order valence-corrected chi connectivity index (χ2v) is 5.70. The average Bonchev–Trinajstić information content (AvgIpc) is 2.44. The molecule has 0 aliphatic carbocycles. The van der Waals surface area contributed by atoms with E-state index in [0.717, 1.165) is 18.7 Å². The topological polar surface area (TPSA) is 43.9 Å². The lowest BCUT2D eigenvalue weighted by Crippen LogP contribution is -2.46. The molecule has 5 nitrogen and oxygen atoms in total. The third-order valence-corrected chi connectivity index (χ3v) is 3.44. The molecule has 1 fully saturated rings. The molecule has 0 radical (unpaired) electrons. The molecule has 0 unspecified atom stereocenters. The number of rotatable bonds is 6. The maximum atomic E-state index is 12.1. The number of piperazine rings is 1. The van der Waals surface area contributed by atoms with Gasteiger partial charge < -0.3 is 14.7 Å². The van der Waals surface area contributed by atoms with Crippen molar-refractivity contribution in [3.63, 3.8) is 0 Å². The summed E-state index contributed by atoms with van der Waals surface area (Å²) >= 11 is 0.